The van der Waals surface area contributed by atoms with Gasteiger partial charge in [-0.3, -0.25) is 4.79 Å². The van der Waals surface area contributed by atoms with Gasteiger partial charge in [0.25, 0.3) is 6.01 Å². The van der Waals surface area contributed by atoms with Gasteiger partial charge in [0.15, 0.2) is 5.65 Å². The van der Waals surface area contributed by atoms with E-state index in [-0.39, 0.29) is 18.1 Å². The van der Waals surface area contributed by atoms with Gasteiger partial charge in [-0.2, -0.15) is 4.98 Å². The zero-order chi connectivity index (χ0) is 28.6. The Morgan fingerprint density at radius 2 is 1.77 bits per heavy atom. The molecule has 0 radical (unpaired) electrons. The predicted octanol–water partition coefficient (Wildman–Crippen LogP) is 6.10. The molecule has 2 aromatic heterocycles. The summed E-state index contributed by atoms with van der Waals surface area (Å²) in [6, 6.07) is 10.4. The number of amides is 2. The van der Waals surface area contributed by atoms with Crippen LogP contribution in [-0.2, 0) is 4.79 Å². The van der Waals surface area contributed by atoms with Gasteiger partial charge in [0.1, 0.15) is 6.10 Å². The number of hydrogen-bond donors (Lipinski definition) is 2. The van der Waals surface area contributed by atoms with Gasteiger partial charge in [-0.1, -0.05) is 41.9 Å². The summed E-state index contributed by atoms with van der Waals surface area (Å²) >= 11 is 6.63. The van der Waals surface area contributed by atoms with Gasteiger partial charge in [0, 0.05) is 32.7 Å². The maximum atomic E-state index is 12.2. The topological polar surface area (TPSA) is 112 Å². The van der Waals surface area contributed by atoms with Crippen LogP contribution in [-0.4, -0.2) is 75.1 Å². The number of imidazole rings is 1. The fourth-order valence-corrected chi connectivity index (χ4v) is 5.88. The number of halogens is 1. The summed E-state index contributed by atoms with van der Waals surface area (Å²) in [7, 11) is 3.54. The Kier molecular flexibility index (Phi) is 7.77. The lowest BCUT2D eigenvalue weighted by Gasteiger charge is -2.36. The average Bonchev–Trinajstić information content (AvgIpc) is 3.33. The Morgan fingerprint density at radius 3 is 2.38 bits per heavy atom. The molecule has 1 aliphatic carbocycles. The second-order valence-corrected chi connectivity index (χ2v) is 11.9. The standard InChI is InChI=1S/C30H36ClN5O4/c1-30(2,27(37)38)21-9-11-22(12-10-21)40-28-32-24-17-23(31)25(33-26(24)34-28)20-7-5-18(6-8-20)19-13-15-36(16-14-19)29(39)35(3)4/h5-8,13,17,21-22H,9-12,14-16H2,1-4H3,(H,37,38)(H,32,33,34)/t21-,22-. The number of urea groups is 1. The van der Waals surface area contributed by atoms with Gasteiger partial charge < -0.3 is 24.6 Å². The molecule has 0 spiro atoms. The van der Waals surface area contributed by atoms with Crippen molar-refractivity contribution >= 4 is 40.3 Å². The minimum absolute atomic E-state index is 0.0222. The molecule has 9 nitrogen and oxygen atoms in total. The summed E-state index contributed by atoms with van der Waals surface area (Å²) < 4.78 is 6.13. The van der Waals surface area contributed by atoms with E-state index in [0.29, 0.717) is 41.0 Å². The molecule has 40 heavy (non-hydrogen) atoms. The molecule has 1 saturated carbocycles. The van der Waals surface area contributed by atoms with Crippen molar-refractivity contribution in [2.24, 2.45) is 11.3 Å². The molecule has 0 bridgehead atoms. The molecule has 1 aromatic carbocycles. The second-order valence-electron chi connectivity index (χ2n) is 11.5. The zero-order valence-electron chi connectivity index (χ0n) is 23.4. The Hall–Kier alpha value is -3.59. The number of nitrogens with zero attached hydrogens (tertiary/aromatic N) is 4. The van der Waals surface area contributed by atoms with E-state index in [1.54, 1.807) is 32.8 Å². The van der Waals surface area contributed by atoms with E-state index in [0.717, 1.165) is 43.2 Å². The van der Waals surface area contributed by atoms with Crippen molar-refractivity contribution in [1.82, 2.24) is 24.8 Å². The Morgan fingerprint density at radius 1 is 1.10 bits per heavy atom. The number of rotatable bonds is 6. The first-order valence-electron chi connectivity index (χ1n) is 13.8. The number of ether oxygens (including phenoxy) is 1. The molecule has 3 aromatic rings. The lowest BCUT2D eigenvalue weighted by Crippen LogP contribution is -2.41. The van der Waals surface area contributed by atoms with E-state index >= 15 is 0 Å². The number of nitrogens with one attached hydrogen (secondary N) is 1. The van der Waals surface area contributed by atoms with Crippen molar-refractivity contribution in [3.05, 3.63) is 47.0 Å². The van der Waals surface area contributed by atoms with E-state index in [9.17, 15) is 14.7 Å². The SMILES string of the molecule is CN(C)C(=O)N1CC=C(c2ccc(-c3nc4nc(O[C@H]5CC[C@H](C(C)(C)C(=O)O)CC5)[nH]c4cc3Cl)cc2)CC1. The number of hydrogen-bond acceptors (Lipinski definition) is 5. The van der Waals surface area contributed by atoms with Crippen LogP contribution in [0.25, 0.3) is 28.0 Å². The van der Waals surface area contributed by atoms with Crippen LogP contribution in [0.3, 0.4) is 0 Å². The number of pyridine rings is 1. The van der Waals surface area contributed by atoms with E-state index in [1.165, 1.54) is 5.57 Å². The van der Waals surface area contributed by atoms with Gasteiger partial charge in [-0.15, -0.1) is 0 Å². The summed E-state index contributed by atoms with van der Waals surface area (Å²) in [5.41, 5.74) is 4.37. The largest absolute Gasteiger partial charge is 0.481 e. The number of benzene rings is 1. The highest BCUT2D eigenvalue weighted by Crippen LogP contribution is 2.39. The molecule has 0 atom stereocenters. The normalized spacial score (nSPS) is 19.8. The van der Waals surface area contributed by atoms with Crippen LogP contribution in [0.2, 0.25) is 5.02 Å². The van der Waals surface area contributed by atoms with Crippen LogP contribution in [0.1, 0.15) is 51.5 Å². The molecule has 10 heteroatoms. The lowest BCUT2D eigenvalue weighted by molar-refractivity contribution is -0.151. The highest BCUT2D eigenvalue weighted by atomic mass is 35.5. The molecule has 3 heterocycles. The number of fused-ring (bicyclic) bond motifs is 1. The maximum absolute atomic E-state index is 12.2. The Bertz CT molecular complexity index is 1440. The first kappa shape index (κ1) is 28.0. The smallest absolute Gasteiger partial charge is 0.319 e. The maximum Gasteiger partial charge on any atom is 0.319 e. The van der Waals surface area contributed by atoms with Crippen LogP contribution in [0.5, 0.6) is 6.01 Å². The van der Waals surface area contributed by atoms with Gasteiger partial charge in [-0.25, -0.2) is 9.78 Å². The second kappa shape index (κ2) is 11.1. The predicted molar refractivity (Wildman–Crippen MR) is 155 cm³/mol. The molecule has 5 rings (SSSR count). The van der Waals surface area contributed by atoms with Crippen molar-refractivity contribution in [2.75, 3.05) is 27.2 Å². The van der Waals surface area contributed by atoms with E-state index < -0.39 is 11.4 Å². The Balaban J connectivity index is 1.26. The number of aromatic nitrogens is 3. The van der Waals surface area contributed by atoms with Crippen LogP contribution in [0.4, 0.5) is 4.79 Å². The van der Waals surface area contributed by atoms with Gasteiger partial charge in [0.2, 0.25) is 0 Å². The summed E-state index contributed by atoms with van der Waals surface area (Å²) in [5, 5.41) is 10.1. The molecular formula is C30H36ClN5O4. The van der Waals surface area contributed by atoms with E-state index in [2.05, 4.69) is 28.2 Å². The van der Waals surface area contributed by atoms with Gasteiger partial charge >= 0.3 is 12.0 Å². The highest BCUT2D eigenvalue weighted by molar-refractivity contribution is 6.33. The quantitative estimate of drug-likeness (QED) is 0.374. The number of carboxylic acid groups (broad SMARTS) is 1. The lowest BCUT2D eigenvalue weighted by atomic mass is 9.70. The zero-order valence-corrected chi connectivity index (χ0v) is 24.2. The van der Waals surface area contributed by atoms with E-state index in [4.69, 9.17) is 21.3 Å². The third-order valence-corrected chi connectivity index (χ3v) is 8.61. The van der Waals surface area contributed by atoms with E-state index in [1.807, 2.05) is 23.1 Å². The number of aliphatic carboxylic acids is 1. The number of carbonyl (C=O) groups excluding carboxylic acids is 1. The van der Waals surface area contributed by atoms with Crippen LogP contribution in [0, 0.1) is 11.3 Å². The molecule has 1 fully saturated rings. The van der Waals surface area contributed by atoms with Crippen molar-refractivity contribution < 1.29 is 19.4 Å². The molecule has 0 unspecified atom stereocenters. The monoisotopic (exact) mass is 565 g/mol. The number of carboxylic acids is 1. The number of carbonyl (C=O) groups is 2. The summed E-state index contributed by atoms with van der Waals surface area (Å²) in [6.07, 6.45) is 6.07. The van der Waals surface area contributed by atoms with Crippen LogP contribution < -0.4 is 4.74 Å². The Labute approximate surface area is 239 Å². The third kappa shape index (κ3) is 5.66. The van der Waals surface area contributed by atoms with Crippen molar-refractivity contribution in [3.8, 4) is 17.3 Å². The molecular weight excluding hydrogens is 530 g/mol. The van der Waals surface area contributed by atoms with Gasteiger partial charge in [0.05, 0.1) is 21.6 Å². The first-order chi connectivity index (χ1) is 19.0. The first-order valence-corrected chi connectivity index (χ1v) is 14.1. The molecule has 0 saturated heterocycles. The minimum atomic E-state index is -0.752. The summed E-state index contributed by atoms with van der Waals surface area (Å²) in [5.74, 6) is -0.621. The van der Waals surface area contributed by atoms with Gasteiger partial charge in [-0.05, 0) is 69.1 Å². The molecule has 2 amide bonds. The van der Waals surface area contributed by atoms with Crippen molar-refractivity contribution in [3.63, 3.8) is 0 Å². The highest BCUT2D eigenvalue weighted by Gasteiger charge is 2.39. The third-order valence-electron chi connectivity index (χ3n) is 8.32. The van der Waals surface area contributed by atoms with Crippen LogP contribution in [0.15, 0.2) is 36.4 Å². The van der Waals surface area contributed by atoms with Crippen molar-refractivity contribution in [1.29, 1.82) is 0 Å². The molecule has 2 N–H and O–H groups in total. The minimum Gasteiger partial charge on any atom is -0.481 e. The average molecular weight is 566 g/mol. The summed E-state index contributed by atoms with van der Waals surface area (Å²) in [6.45, 7) is 4.90. The fourth-order valence-electron chi connectivity index (χ4n) is 5.62. The number of aromatic amines is 1. The molecule has 1 aliphatic heterocycles. The number of H-pyrrole nitrogens is 1. The molecule has 2 aliphatic rings. The fraction of sp³-hybridized carbons (Fsp3) is 0.467. The molecule has 212 valence electrons. The summed E-state index contributed by atoms with van der Waals surface area (Å²) in [4.78, 5) is 39.7. The van der Waals surface area contributed by atoms with Crippen molar-refractivity contribution in [2.45, 2.75) is 52.1 Å². The van der Waals surface area contributed by atoms with Crippen LogP contribution >= 0.6 is 11.6 Å².